The number of thiazole rings is 1. The molecule has 4 rings (SSSR count). The van der Waals surface area contributed by atoms with E-state index in [9.17, 15) is 9.18 Å². The molecule has 25 heavy (non-hydrogen) atoms. The highest BCUT2D eigenvalue weighted by Gasteiger charge is 2.28. The van der Waals surface area contributed by atoms with Gasteiger partial charge in [-0.1, -0.05) is 0 Å². The van der Waals surface area contributed by atoms with Gasteiger partial charge in [0, 0.05) is 30.7 Å². The third kappa shape index (κ3) is 3.68. The normalized spacial score (nSPS) is 20.6. The standard InChI is InChI=1S/C19H22FN3OS/c1-12-9-14(20)6-7-16(12)23-8-2-3-15(11-23)22-18(24)17-10-21-19(25-17)13-4-5-13/h6-7,9-10,13,15H,2-5,8,11H2,1H3,(H,22,24). The van der Waals surface area contributed by atoms with Crippen molar-refractivity contribution >= 4 is 22.9 Å². The lowest BCUT2D eigenvalue weighted by Crippen LogP contribution is -2.47. The minimum atomic E-state index is -0.209. The van der Waals surface area contributed by atoms with Gasteiger partial charge < -0.3 is 10.2 Å². The Kier molecular flexibility index (Phi) is 4.46. The smallest absolute Gasteiger partial charge is 0.263 e. The van der Waals surface area contributed by atoms with Gasteiger partial charge in [0.25, 0.3) is 5.91 Å². The molecule has 0 radical (unpaired) electrons. The maximum absolute atomic E-state index is 13.3. The molecule has 1 atom stereocenters. The topological polar surface area (TPSA) is 45.2 Å². The minimum absolute atomic E-state index is 0.0212. The first-order valence-corrected chi connectivity index (χ1v) is 9.69. The molecule has 2 fully saturated rings. The number of hydrogen-bond acceptors (Lipinski definition) is 4. The van der Waals surface area contributed by atoms with Crippen LogP contribution in [0.3, 0.4) is 0 Å². The van der Waals surface area contributed by atoms with Crippen LogP contribution in [0.2, 0.25) is 0 Å². The predicted octanol–water partition coefficient (Wildman–Crippen LogP) is 3.87. The molecule has 2 aliphatic rings. The van der Waals surface area contributed by atoms with Gasteiger partial charge in [0.2, 0.25) is 0 Å². The fourth-order valence-electron chi connectivity index (χ4n) is 3.46. The molecule has 0 spiro atoms. The van der Waals surface area contributed by atoms with Crippen LogP contribution in [0.25, 0.3) is 0 Å². The van der Waals surface area contributed by atoms with E-state index in [1.54, 1.807) is 12.3 Å². The Morgan fingerprint density at radius 1 is 1.36 bits per heavy atom. The summed E-state index contributed by atoms with van der Waals surface area (Å²) in [4.78, 5) is 19.8. The van der Waals surface area contributed by atoms with E-state index in [4.69, 9.17) is 0 Å². The number of carbonyl (C=O) groups excluding carboxylic acids is 1. The van der Waals surface area contributed by atoms with Crippen molar-refractivity contribution < 1.29 is 9.18 Å². The largest absolute Gasteiger partial charge is 0.369 e. The number of rotatable bonds is 4. The van der Waals surface area contributed by atoms with Crippen LogP contribution >= 0.6 is 11.3 Å². The Morgan fingerprint density at radius 3 is 2.96 bits per heavy atom. The molecule has 1 aliphatic carbocycles. The fourth-order valence-corrected chi connectivity index (χ4v) is 4.45. The van der Waals surface area contributed by atoms with E-state index in [0.717, 1.165) is 42.2 Å². The predicted molar refractivity (Wildman–Crippen MR) is 97.9 cm³/mol. The second kappa shape index (κ2) is 6.75. The second-order valence-electron chi connectivity index (χ2n) is 7.03. The van der Waals surface area contributed by atoms with E-state index in [1.165, 1.54) is 30.2 Å². The summed E-state index contributed by atoms with van der Waals surface area (Å²) in [5, 5.41) is 4.25. The van der Waals surface area contributed by atoms with Crippen molar-refractivity contribution in [3.8, 4) is 0 Å². The van der Waals surface area contributed by atoms with Crippen LogP contribution in [-0.2, 0) is 0 Å². The molecule has 1 aromatic carbocycles. The Labute approximate surface area is 151 Å². The first-order chi connectivity index (χ1) is 12.1. The van der Waals surface area contributed by atoms with Crippen molar-refractivity contribution in [2.75, 3.05) is 18.0 Å². The summed E-state index contributed by atoms with van der Waals surface area (Å²) < 4.78 is 13.3. The third-order valence-electron chi connectivity index (χ3n) is 4.93. The molecule has 2 aromatic rings. The zero-order valence-electron chi connectivity index (χ0n) is 14.3. The Morgan fingerprint density at radius 2 is 2.20 bits per heavy atom. The van der Waals surface area contributed by atoms with Gasteiger partial charge in [-0.25, -0.2) is 9.37 Å². The average Bonchev–Trinajstić information content (AvgIpc) is 3.32. The molecular formula is C19H22FN3OS. The monoisotopic (exact) mass is 359 g/mol. The highest BCUT2D eigenvalue weighted by atomic mass is 32.1. The van der Waals surface area contributed by atoms with Gasteiger partial charge >= 0.3 is 0 Å². The maximum atomic E-state index is 13.3. The summed E-state index contributed by atoms with van der Waals surface area (Å²) in [7, 11) is 0. The van der Waals surface area contributed by atoms with Crippen molar-refractivity contribution in [3.63, 3.8) is 0 Å². The lowest BCUT2D eigenvalue weighted by molar-refractivity contribution is 0.0937. The van der Waals surface area contributed by atoms with Crippen molar-refractivity contribution in [2.24, 2.45) is 0 Å². The summed E-state index contributed by atoms with van der Waals surface area (Å²) in [5.41, 5.74) is 1.98. The first-order valence-electron chi connectivity index (χ1n) is 8.88. The minimum Gasteiger partial charge on any atom is -0.369 e. The number of piperidine rings is 1. The molecule has 1 saturated carbocycles. The molecule has 1 unspecified atom stereocenters. The van der Waals surface area contributed by atoms with Crippen LogP contribution < -0.4 is 10.2 Å². The van der Waals surface area contributed by atoms with Crippen molar-refractivity contribution in [2.45, 2.75) is 44.6 Å². The highest BCUT2D eigenvalue weighted by molar-refractivity contribution is 7.13. The van der Waals surface area contributed by atoms with Gasteiger partial charge in [0.1, 0.15) is 10.7 Å². The number of aryl methyl sites for hydroxylation is 1. The fraction of sp³-hybridized carbons (Fsp3) is 0.474. The second-order valence-corrected chi connectivity index (χ2v) is 8.09. The van der Waals surface area contributed by atoms with Gasteiger partial charge in [0.05, 0.1) is 11.2 Å². The molecule has 1 amide bonds. The van der Waals surface area contributed by atoms with Gasteiger partial charge in [-0.2, -0.15) is 0 Å². The highest BCUT2D eigenvalue weighted by Crippen LogP contribution is 2.41. The zero-order valence-corrected chi connectivity index (χ0v) is 15.1. The number of carbonyl (C=O) groups is 1. The quantitative estimate of drug-likeness (QED) is 0.901. The van der Waals surface area contributed by atoms with E-state index in [1.807, 2.05) is 13.0 Å². The molecule has 1 N–H and O–H groups in total. The summed E-state index contributed by atoms with van der Waals surface area (Å²) in [6.45, 7) is 3.62. The maximum Gasteiger partial charge on any atom is 0.263 e. The first kappa shape index (κ1) is 16.5. The van der Waals surface area contributed by atoms with Crippen molar-refractivity contribution in [1.82, 2.24) is 10.3 Å². The lowest BCUT2D eigenvalue weighted by atomic mass is 10.0. The summed E-state index contributed by atoms with van der Waals surface area (Å²) in [6, 6.07) is 5.01. The molecule has 132 valence electrons. The van der Waals surface area contributed by atoms with Crippen molar-refractivity contribution in [3.05, 3.63) is 45.7 Å². The van der Waals surface area contributed by atoms with E-state index >= 15 is 0 Å². The Balaban J connectivity index is 1.41. The number of aromatic nitrogens is 1. The molecular weight excluding hydrogens is 337 g/mol. The van der Waals surface area contributed by atoms with Gasteiger partial charge in [-0.05, 0) is 56.4 Å². The van der Waals surface area contributed by atoms with Gasteiger partial charge in [0.15, 0.2) is 0 Å². The molecule has 1 aliphatic heterocycles. The molecule has 4 nitrogen and oxygen atoms in total. The average molecular weight is 359 g/mol. The van der Waals surface area contributed by atoms with Crippen molar-refractivity contribution in [1.29, 1.82) is 0 Å². The molecule has 1 aromatic heterocycles. The van der Waals surface area contributed by atoms with E-state index in [-0.39, 0.29) is 17.8 Å². The number of nitrogens with zero attached hydrogens (tertiary/aromatic N) is 2. The molecule has 0 bridgehead atoms. The molecule has 6 heteroatoms. The number of benzene rings is 1. The zero-order chi connectivity index (χ0) is 17.4. The summed E-state index contributed by atoms with van der Waals surface area (Å²) in [6.07, 6.45) is 6.08. The number of amides is 1. The molecule has 1 saturated heterocycles. The number of nitrogens with one attached hydrogen (secondary N) is 1. The van der Waals surface area contributed by atoms with Crippen LogP contribution in [-0.4, -0.2) is 30.0 Å². The van der Waals surface area contributed by atoms with Gasteiger partial charge in [-0.3, -0.25) is 4.79 Å². The molecule has 2 heterocycles. The Hall–Kier alpha value is -1.95. The summed E-state index contributed by atoms with van der Waals surface area (Å²) >= 11 is 1.52. The van der Waals surface area contributed by atoms with E-state index < -0.39 is 0 Å². The van der Waals surface area contributed by atoms with Crippen LogP contribution in [0.4, 0.5) is 10.1 Å². The van der Waals surface area contributed by atoms with E-state index in [0.29, 0.717) is 10.8 Å². The summed E-state index contributed by atoms with van der Waals surface area (Å²) in [5.74, 6) is 0.352. The third-order valence-corrected chi connectivity index (χ3v) is 6.09. The SMILES string of the molecule is Cc1cc(F)ccc1N1CCCC(NC(=O)c2cnc(C3CC3)s2)C1. The van der Waals surface area contributed by atoms with E-state index in [2.05, 4.69) is 15.2 Å². The lowest BCUT2D eigenvalue weighted by Gasteiger charge is -2.35. The van der Waals surface area contributed by atoms with Crippen LogP contribution in [0.5, 0.6) is 0 Å². The number of anilines is 1. The van der Waals surface area contributed by atoms with Crippen LogP contribution in [0.15, 0.2) is 24.4 Å². The van der Waals surface area contributed by atoms with Crippen LogP contribution in [0.1, 0.15) is 51.8 Å². The Bertz CT molecular complexity index is 787. The van der Waals surface area contributed by atoms with Gasteiger partial charge in [-0.15, -0.1) is 11.3 Å². The van der Waals surface area contributed by atoms with Crippen LogP contribution in [0, 0.1) is 12.7 Å². The number of halogens is 1. The number of hydrogen-bond donors (Lipinski definition) is 1.